The molecular formula is C23H22F6N2O3. The van der Waals surface area contributed by atoms with E-state index in [1.807, 2.05) is 0 Å². The van der Waals surface area contributed by atoms with Crippen LogP contribution in [-0.2, 0) is 23.6 Å². The summed E-state index contributed by atoms with van der Waals surface area (Å²) in [6.45, 7) is -0.259. The largest absolute Gasteiger partial charge is 0.480 e. The van der Waals surface area contributed by atoms with E-state index in [9.17, 15) is 35.9 Å². The number of nitrogens with one attached hydrogen (secondary N) is 1. The number of carbonyl (C=O) groups is 2. The maximum absolute atomic E-state index is 13.3. The van der Waals surface area contributed by atoms with Crippen LogP contribution in [0.1, 0.15) is 39.9 Å². The third-order valence-electron chi connectivity index (χ3n) is 5.67. The van der Waals surface area contributed by atoms with E-state index in [0.29, 0.717) is 31.4 Å². The predicted molar refractivity (Wildman–Crippen MR) is 110 cm³/mol. The van der Waals surface area contributed by atoms with E-state index in [1.54, 1.807) is 30.3 Å². The molecule has 3 rings (SSSR count). The molecule has 1 aliphatic rings. The lowest BCUT2D eigenvalue weighted by molar-refractivity contribution is -0.143. The molecule has 5 nitrogen and oxygen atoms in total. The Bertz CT molecular complexity index is 991. The summed E-state index contributed by atoms with van der Waals surface area (Å²) in [4.78, 5) is 25.4. The highest BCUT2D eigenvalue weighted by atomic mass is 19.4. The van der Waals surface area contributed by atoms with Crippen LogP contribution in [0.5, 0.6) is 0 Å². The van der Waals surface area contributed by atoms with Crippen molar-refractivity contribution >= 4 is 11.9 Å². The monoisotopic (exact) mass is 488 g/mol. The van der Waals surface area contributed by atoms with Crippen LogP contribution in [0, 0.1) is 0 Å². The number of likely N-dealkylation sites (tertiary alicyclic amines) is 1. The van der Waals surface area contributed by atoms with Gasteiger partial charge in [0.1, 0.15) is 0 Å². The van der Waals surface area contributed by atoms with E-state index in [2.05, 4.69) is 5.32 Å². The molecule has 0 saturated carbocycles. The van der Waals surface area contributed by atoms with Crippen LogP contribution in [0.2, 0.25) is 0 Å². The molecule has 11 heteroatoms. The number of halogens is 6. The number of carboxylic acids is 1. The molecule has 184 valence electrons. The third-order valence-corrected chi connectivity index (χ3v) is 5.67. The Kier molecular flexibility index (Phi) is 7.54. The Balaban J connectivity index is 1.93. The highest BCUT2D eigenvalue weighted by Gasteiger charge is 2.39. The second kappa shape index (κ2) is 10.0. The van der Waals surface area contributed by atoms with Crippen molar-refractivity contribution in [3.8, 4) is 0 Å². The molecule has 0 radical (unpaired) electrons. The number of carboxylic acid groups (broad SMARTS) is 1. The van der Waals surface area contributed by atoms with Crippen LogP contribution in [0.25, 0.3) is 0 Å². The van der Waals surface area contributed by atoms with Gasteiger partial charge < -0.3 is 15.3 Å². The molecule has 0 spiro atoms. The number of benzene rings is 2. The number of amides is 1. The summed E-state index contributed by atoms with van der Waals surface area (Å²) in [7, 11) is 0. The van der Waals surface area contributed by atoms with Crippen LogP contribution in [-0.4, -0.2) is 47.1 Å². The van der Waals surface area contributed by atoms with Crippen LogP contribution in [0.3, 0.4) is 0 Å². The van der Waals surface area contributed by atoms with Crippen molar-refractivity contribution in [2.24, 2.45) is 0 Å². The van der Waals surface area contributed by atoms with Crippen molar-refractivity contribution < 1.29 is 41.0 Å². The minimum Gasteiger partial charge on any atom is -0.480 e. The van der Waals surface area contributed by atoms with Gasteiger partial charge in [-0.1, -0.05) is 30.3 Å². The lowest BCUT2D eigenvalue weighted by atomic mass is 9.91. The summed E-state index contributed by atoms with van der Waals surface area (Å²) >= 11 is 0. The molecule has 0 aromatic heterocycles. The third kappa shape index (κ3) is 6.49. The van der Waals surface area contributed by atoms with Crippen molar-refractivity contribution in [2.45, 2.75) is 43.7 Å². The molecule has 1 fully saturated rings. The van der Waals surface area contributed by atoms with Gasteiger partial charge in [0.15, 0.2) is 0 Å². The van der Waals surface area contributed by atoms with E-state index >= 15 is 0 Å². The van der Waals surface area contributed by atoms with Gasteiger partial charge in [-0.05, 0) is 43.0 Å². The van der Waals surface area contributed by atoms with E-state index in [0.717, 1.165) is 5.56 Å². The molecular weight excluding hydrogens is 466 g/mol. The molecule has 34 heavy (non-hydrogen) atoms. The second-order valence-corrected chi connectivity index (χ2v) is 8.13. The van der Waals surface area contributed by atoms with Crippen molar-refractivity contribution in [3.05, 3.63) is 70.8 Å². The first-order valence-electron chi connectivity index (χ1n) is 10.4. The van der Waals surface area contributed by atoms with Gasteiger partial charge in [0, 0.05) is 24.2 Å². The number of rotatable bonds is 6. The fourth-order valence-electron chi connectivity index (χ4n) is 4.06. The Morgan fingerprint density at radius 2 is 1.56 bits per heavy atom. The maximum Gasteiger partial charge on any atom is 0.416 e. The number of alkyl halides is 6. The highest BCUT2D eigenvalue weighted by Crippen LogP contribution is 2.37. The number of nitrogens with zero attached hydrogens (tertiary/aromatic N) is 1. The first kappa shape index (κ1) is 25.5. The zero-order chi connectivity index (χ0) is 25.1. The Morgan fingerprint density at radius 3 is 2.09 bits per heavy atom. The summed E-state index contributed by atoms with van der Waals surface area (Å²) in [5, 5.41) is 11.8. The van der Waals surface area contributed by atoms with E-state index in [1.165, 1.54) is 4.90 Å². The average Bonchev–Trinajstić information content (AvgIpc) is 2.76. The molecule has 2 unspecified atom stereocenters. The van der Waals surface area contributed by atoms with Crippen LogP contribution in [0.4, 0.5) is 26.3 Å². The smallest absolute Gasteiger partial charge is 0.416 e. The van der Waals surface area contributed by atoms with Gasteiger partial charge in [-0.3, -0.25) is 9.59 Å². The second-order valence-electron chi connectivity index (χ2n) is 8.13. The summed E-state index contributed by atoms with van der Waals surface area (Å²) in [5.41, 5.74) is -2.98. The minimum atomic E-state index is -5.06. The van der Waals surface area contributed by atoms with E-state index < -0.39 is 47.0 Å². The van der Waals surface area contributed by atoms with E-state index in [4.69, 9.17) is 5.11 Å². The van der Waals surface area contributed by atoms with Gasteiger partial charge in [-0.25, -0.2) is 0 Å². The summed E-state index contributed by atoms with van der Waals surface area (Å²) in [5.74, 6) is -2.00. The lowest BCUT2D eigenvalue weighted by Gasteiger charge is -2.40. The molecule has 0 aliphatic carbocycles. The quantitative estimate of drug-likeness (QED) is 0.583. The first-order chi connectivity index (χ1) is 15.8. The molecule has 2 aromatic rings. The Hall–Kier alpha value is -3.08. The van der Waals surface area contributed by atoms with Crippen LogP contribution >= 0.6 is 0 Å². The normalized spacial score (nSPS) is 19.2. The minimum absolute atomic E-state index is 0.0136. The molecule has 2 atom stereocenters. The number of aliphatic carboxylic acids is 1. The van der Waals surface area contributed by atoms with Crippen molar-refractivity contribution in [1.29, 1.82) is 0 Å². The van der Waals surface area contributed by atoms with Gasteiger partial charge >= 0.3 is 18.3 Å². The average molecular weight is 488 g/mol. The predicted octanol–water partition coefficient (Wildman–Crippen LogP) is 4.61. The number of hydrogen-bond donors (Lipinski definition) is 2. The first-order valence-corrected chi connectivity index (χ1v) is 10.4. The topological polar surface area (TPSA) is 69.6 Å². The van der Waals surface area contributed by atoms with E-state index in [-0.39, 0.29) is 25.2 Å². The van der Waals surface area contributed by atoms with Gasteiger partial charge in [0.2, 0.25) is 0 Å². The van der Waals surface area contributed by atoms with Gasteiger partial charge in [0.05, 0.1) is 17.7 Å². The van der Waals surface area contributed by atoms with Gasteiger partial charge in [-0.15, -0.1) is 0 Å². The standard InChI is InChI=1S/C23H22F6N2O3/c24-22(25,26)16-9-15(10-17(11-16)23(27,28)29)21(34)31-7-6-18(30-13-20(32)33)12-19(31)8-14-4-2-1-3-5-14/h1-5,9-11,18-19,30H,6-8,12-13H2,(H,32,33). The number of hydrogen-bond acceptors (Lipinski definition) is 3. The van der Waals surface area contributed by atoms with Crippen LogP contribution in [0.15, 0.2) is 48.5 Å². The number of carbonyl (C=O) groups excluding carboxylic acids is 1. The molecule has 2 aromatic carbocycles. The summed E-state index contributed by atoms with van der Waals surface area (Å²) in [6, 6.07) is 8.94. The molecule has 1 aliphatic heterocycles. The molecule has 1 amide bonds. The molecule has 1 saturated heterocycles. The Morgan fingerprint density at radius 1 is 0.971 bits per heavy atom. The molecule has 0 bridgehead atoms. The fraction of sp³-hybridized carbons (Fsp3) is 0.391. The zero-order valence-corrected chi connectivity index (χ0v) is 17.8. The van der Waals surface area contributed by atoms with Crippen LogP contribution < -0.4 is 5.32 Å². The molecule has 1 heterocycles. The maximum atomic E-state index is 13.3. The zero-order valence-electron chi connectivity index (χ0n) is 17.8. The van der Waals surface area contributed by atoms with Crippen molar-refractivity contribution in [3.63, 3.8) is 0 Å². The lowest BCUT2D eigenvalue weighted by Crippen LogP contribution is -2.52. The van der Waals surface area contributed by atoms with Crippen molar-refractivity contribution in [1.82, 2.24) is 10.2 Å². The Labute approximate surface area is 191 Å². The highest BCUT2D eigenvalue weighted by molar-refractivity contribution is 5.95. The summed E-state index contributed by atoms with van der Waals surface area (Å²) < 4.78 is 79.6. The fourth-order valence-corrected chi connectivity index (χ4v) is 4.06. The van der Waals surface area contributed by atoms with Crippen molar-refractivity contribution in [2.75, 3.05) is 13.1 Å². The van der Waals surface area contributed by atoms with Gasteiger partial charge in [-0.2, -0.15) is 26.3 Å². The summed E-state index contributed by atoms with van der Waals surface area (Å²) in [6.07, 6.45) is -9.22. The number of piperidine rings is 1. The molecule has 2 N–H and O–H groups in total. The SMILES string of the molecule is O=C(O)CNC1CCN(C(=O)c2cc(C(F)(F)F)cc(C(F)(F)F)c2)C(Cc2ccccc2)C1. The van der Waals surface area contributed by atoms with Gasteiger partial charge in [0.25, 0.3) is 5.91 Å².